The Labute approximate surface area is 294 Å². The minimum absolute atomic E-state index is 0. The number of rotatable bonds is 18. The molecule has 214 valence electrons. The van der Waals surface area contributed by atoms with Crippen molar-refractivity contribution in [2.45, 2.75) is 75.1 Å². The molecule has 0 aliphatic rings. The molecular formula is C32H37NNa2O6S. The number of aryl methyl sites for hydroxylation is 2. The van der Waals surface area contributed by atoms with Crippen molar-refractivity contribution in [1.29, 1.82) is 0 Å². The molecule has 1 N–H and O–H groups in total. The van der Waals surface area contributed by atoms with Crippen molar-refractivity contribution in [2.24, 2.45) is 0 Å². The third-order valence-corrected chi connectivity index (χ3v) is 8.67. The summed E-state index contributed by atoms with van der Waals surface area (Å²) in [4.78, 5) is 22.2. The van der Waals surface area contributed by atoms with E-state index in [9.17, 15) is 28.2 Å². The molecule has 0 radical (unpaired) electrons. The van der Waals surface area contributed by atoms with E-state index >= 15 is 0 Å². The van der Waals surface area contributed by atoms with Crippen molar-refractivity contribution in [3.63, 3.8) is 0 Å². The van der Waals surface area contributed by atoms with Gasteiger partial charge in [0.1, 0.15) is 0 Å². The number of hydrogen-bond donors (Lipinski definition) is 1. The molecule has 0 aliphatic heterocycles. The topological polar surface area (TPSA) is 126 Å². The van der Waals surface area contributed by atoms with Crippen molar-refractivity contribution >= 4 is 27.5 Å². The standard InChI is InChI=1S/C32H39NO6S.2Na/c34-31(35)22-23-40(38,39)28-20-18-27(19-21-28)33-30(24-32(36)37)29-17-11-10-16-26(29)15-9-4-2-1-3-6-12-25-13-7-5-8-14-25;;/h5,7-8,10-11,13-14,16-21,30,33H,1-4,6,9,12,15,22-24H2,(H,34,35)(H,36,37);;/q;2*+1/p-2/t30-;;/m0../s1. The Morgan fingerprint density at radius 2 is 1.26 bits per heavy atom. The molecule has 0 bridgehead atoms. The largest absolute Gasteiger partial charge is 1.00 e. The molecule has 0 heterocycles. The second kappa shape index (κ2) is 20.3. The van der Waals surface area contributed by atoms with E-state index < -0.39 is 40.0 Å². The summed E-state index contributed by atoms with van der Waals surface area (Å²) in [7, 11) is -3.76. The van der Waals surface area contributed by atoms with Gasteiger partial charge in [-0.25, -0.2) is 8.42 Å². The average molecular weight is 610 g/mol. The number of carbonyl (C=O) groups is 2. The molecule has 0 saturated carbocycles. The van der Waals surface area contributed by atoms with Crippen LogP contribution in [-0.4, -0.2) is 26.1 Å². The van der Waals surface area contributed by atoms with Gasteiger partial charge < -0.3 is 25.1 Å². The Kier molecular flexibility index (Phi) is 18.6. The number of unbranched alkanes of at least 4 members (excludes halogenated alkanes) is 5. The molecule has 0 spiro atoms. The van der Waals surface area contributed by atoms with E-state index in [4.69, 9.17) is 0 Å². The molecule has 0 saturated heterocycles. The molecule has 0 fully saturated rings. The number of sulfone groups is 1. The smallest absolute Gasteiger partial charge is 0.550 e. The predicted molar refractivity (Wildman–Crippen MR) is 152 cm³/mol. The van der Waals surface area contributed by atoms with E-state index in [0.717, 1.165) is 43.2 Å². The number of aliphatic carboxylic acids is 2. The van der Waals surface area contributed by atoms with Gasteiger partial charge in [0.2, 0.25) is 0 Å². The SMILES string of the molecule is O=C([O-])CCS(=O)(=O)c1ccc(N[C@@H](CC(=O)[O-])c2ccccc2CCCCCCCCc2ccccc2)cc1.[Na+].[Na+]. The molecule has 3 rings (SSSR count). The number of anilines is 1. The quantitative estimate of drug-likeness (QED) is 0.131. The first kappa shape index (κ1) is 38.4. The summed E-state index contributed by atoms with van der Waals surface area (Å²) in [5.74, 6) is -3.16. The van der Waals surface area contributed by atoms with Crippen LogP contribution >= 0.6 is 0 Å². The summed E-state index contributed by atoms with van der Waals surface area (Å²) in [5.41, 5.74) is 3.88. The maximum atomic E-state index is 12.3. The van der Waals surface area contributed by atoms with Gasteiger partial charge in [-0.2, -0.15) is 0 Å². The fourth-order valence-electron chi connectivity index (χ4n) is 4.80. The van der Waals surface area contributed by atoms with Crippen LogP contribution in [0.25, 0.3) is 0 Å². The molecule has 0 aromatic heterocycles. The minimum atomic E-state index is -3.76. The summed E-state index contributed by atoms with van der Waals surface area (Å²) in [6.07, 6.45) is 7.99. The van der Waals surface area contributed by atoms with Crippen LogP contribution in [0.4, 0.5) is 5.69 Å². The van der Waals surface area contributed by atoms with Crippen molar-refractivity contribution in [1.82, 2.24) is 0 Å². The van der Waals surface area contributed by atoms with Crippen LogP contribution < -0.4 is 74.6 Å². The molecule has 3 aromatic rings. The Morgan fingerprint density at radius 3 is 1.88 bits per heavy atom. The van der Waals surface area contributed by atoms with Crippen LogP contribution in [0.5, 0.6) is 0 Å². The van der Waals surface area contributed by atoms with Crippen molar-refractivity contribution in [2.75, 3.05) is 11.1 Å². The zero-order valence-corrected chi connectivity index (χ0v) is 29.5. The van der Waals surface area contributed by atoms with Gasteiger partial charge in [-0.15, -0.1) is 0 Å². The van der Waals surface area contributed by atoms with Crippen LogP contribution in [0.2, 0.25) is 0 Å². The number of benzene rings is 3. The Balaban J connectivity index is 0.00000441. The minimum Gasteiger partial charge on any atom is -0.550 e. The number of carbonyl (C=O) groups excluding carboxylic acids is 2. The van der Waals surface area contributed by atoms with Gasteiger partial charge in [0.15, 0.2) is 9.84 Å². The fraction of sp³-hybridized carbons (Fsp3) is 0.375. The van der Waals surface area contributed by atoms with Gasteiger partial charge in [-0.3, -0.25) is 0 Å². The van der Waals surface area contributed by atoms with Gasteiger partial charge in [0, 0.05) is 30.5 Å². The number of hydrogen-bond acceptors (Lipinski definition) is 7. The normalized spacial score (nSPS) is 11.5. The first-order chi connectivity index (χ1) is 19.2. The van der Waals surface area contributed by atoms with Crippen LogP contribution in [0.3, 0.4) is 0 Å². The number of carboxylic acids is 2. The van der Waals surface area contributed by atoms with E-state index in [1.807, 2.05) is 30.3 Å². The predicted octanol–water partition coefficient (Wildman–Crippen LogP) is -1.97. The summed E-state index contributed by atoms with van der Waals surface area (Å²) < 4.78 is 24.7. The summed E-state index contributed by atoms with van der Waals surface area (Å²) >= 11 is 0. The van der Waals surface area contributed by atoms with Gasteiger partial charge in [0.25, 0.3) is 0 Å². The molecule has 10 heteroatoms. The molecule has 0 aliphatic carbocycles. The second-order valence-electron chi connectivity index (χ2n) is 10.0. The van der Waals surface area contributed by atoms with Crippen molar-refractivity contribution < 1.29 is 87.3 Å². The van der Waals surface area contributed by atoms with E-state index in [2.05, 4.69) is 29.6 Å². The average Bonchev–Trinajstić information content (AvgIpc) is 2.94. The molecular weight excluding hydrogens is 572 g/mol. The van der Waals surface area contributed by atoms with Gasteiger partial charge in [-0.1, -0.05) is 80.3 Å². The zero-order valence-electron chi connectivity index (χ0n) is 24.7. The molecule has 0 unspecified atom stereocenters. The number of nitrogens with one attached hydrogen (secondary N) is 1. The van der Waals surface area contributed by atoms with E-state index in [1.54, 1.807) is 12.1 Å². The Hall–Kier alpha value is -1.65. The van der Waals surface area contributed by atoms with Crippen LogP contribution in [0.15, 0.2) is 83.8 Å². The first-order valence-electron chi connectivity index (χ1n) is 13.9. The monoisotopic (exact) mass is 609 g/mol. The molecule has 1 atom stereocenters. The molecule has 0 amide bonds. The van der Waals surface area contributed by atoms with Gasteiger partial charge in [-0.05, 0) is 66.6 Å². The molecule has 3 aromatic carbocycles. The third-order valence-electron chi connectivity index (χ3n) is 6.93. The summed E-state index contributed by atoms with van der Waals surface area (Å²) in [5, 5.41) is 25.4. The first-order valence-corrected chi connectivity index (χ1v) is 15.5. The third kappa shape index (κ3) is 13.8. The summed E-state index contributed by atoms with van der Waals surface area (Å²) in [6.45, 7) is 0. The number of carboxylic acid groups (broad SMARTS) is 2. The van der Waals surface area contributed by atoms with Crippen LogP contribution in [0, 0.1) is 0 Å². The van der Waals surface area contributed by atoms with Crippen LogP contribution in [-0.2, 0) is 32.3 Å². The summed E-state index contributed by atoms with van der Waals surface area (Å²) in [6, 6.07) is 23.6. The Morgan fingerprint density at radius 1 is 0.690 bits per heavy atom. The van der Waals surface area contributed by atoms with Crippen molar-refractivity contribution in [3.05, 3.63) is 95.6 Å². The zero-order chi connectivity index (χ0) is 28.8. The van der Waals surface area contributed by atoms with E-state index in [0.29, 0.717) is 5.69 Å². The Bertz CT molecular complexity index is 1330. The fourth-order valence-corrected chi connectivity index (χ4v) is 6.02. The maximum Gasteiger partial charge on any atom is 1.00 e. The van der Waals surface area contributed by atoms with E-state index in [1.165, 1.54) is 37.0 Å². The van der Waals surface area contributed by atoms with Gasteiger partial charge >= 0.3 is 59.1 Å². The molecule has 42 heavy (non-hydrogen) atoms. The molecule has 7 nitrogen and oxygen atoms in total. The second-order valence-corrected chi connectivity index (χ2v) is 12.2. The van der Waals surface area contributed by atoms with Crippen molar-refractivity contribution in [3.8, 4) is 0 Å². The maximum absolute atomic E-state index is 12.3. The van der Waals surface area contributed by atoms with Gasteiger partial charge in [0.05, 0.1) is 16.7 Å². The van der Waals surface area contributed by atoms with Crippen LogP contribution in [0.1, 0.15) is 74.1 Å². The van der Waals surface area contributed by atoms with E-state index in [-0.39, 0.29) is 70.4 Å².